The van der Waals surface area contributed by atoms with E-state index in [0.717, 1.165) is 5.56 Å². The Kier molecular flexibility index (Phi) is 5.60. The van der Waals surface area contributed by atoms with Crippen LogP contribution in [0.4, 0.5) is 10.1 Å². The van der Waals surface area contributed by atoms with Gasteiger partial charge in [-0.15, -0.1) is 0 Å². The Bertz CT molecular complexity index is 1330. The smallest absolute Gasteiger partial charge is 0.268 e. The number of carbonyl (C=O) groups is 2. The van der Waals surface area contributed by atoms with Crippen molar-refractivity contribution < 1.29 is 14.0 Å². The normalized spacial score (nSPS) is 13.5. The molecule has 0 fully saturated rings. The molecule has 1 aliphatic heterocycles. The maximum absolute atomic E-state index is 13.2. The van der Waals surface area contributed by atoms with Gasteiger partial charge in [0.25, 0.3) is 11.8 Å². The number of nitrogens with zero attached hydrogens (tertiary/aromatic N) is 2. The van der Waals surface area contributed by atoms with Gasteiger partial charge in [0.2, 0.25) is 0 Å². The van der Waals surface area contributed by atoms with E-state index in [9.17, 15) is 19.2 Å². The molecule has 6 nitrogen and oxygen atoms in total. The highest BCUT2D eigenvalue weighted by Crippen LogP contribution is 2.31. The first-order valence-corrected chi connectivity index (χ1v) is 9.74. The molecule has 2 N–H and O–H groups in total. The van der Waals surface area contributed by atoms with Crippen LogP contribution in [0.3, 0.4) is 0 Å². The molecule has 4 rings (SSSR count). The number of fused-ring (bicyclic) bond motifs is 1. The number of aryl methyl sites for hydroxylation is 1. The molecule has 156 valence electrons. The number of anilines is 1. The lowest BCUT2D eigenvalue weighted by atomic mass is 10.0. The SMILES string of the molecule is Cc1cccc(NC(=O)C(C#N)=C2N=C(NC(=O)c3ccc(F)cc3)c3ccccc32)c1. The van der Waals surface area contributed by atoms with Crippen molar-refractivity contribution in [1.82, 2.24) is 5.32 Å². The summed E-state index contributed by atoms with van der Waals surface area (Å²) in [5.74, 6) is -1.32. The first kappa shape index (κ1) is 20.7. The summed E-state index contributed by atoms with van der Waals surface area (Å²) in [6.45, 7) is 1.90. The van der Waals surface area contributed by atoms with E-state index in [4.69, 9.17) is 0 Å². The molecule has 0 aromatic heterocycles. The predicted octanol–water partition coefficient (Wildman–Crippen LogP) is 4.20. The highest BCUT2D eigenvalue weighted by Gasteiger charge is 2.27. The van der Waals surface area contributed by atoms with Crippen LogP contribution in [-0.4, -0.2) is 17.6 Å². The van der Waals surface area contributed by atoms with E-state index >= 15 is 0 Å². The minimum absolute atomic E-state index is 0.169. The van der Waals surface area contributed by atoms with Crippen LogP contribution < -0.4 is 10.6 Å². The summed E-state index contributed by atoms with van der Waals surface area (Å²) in [7, 11) is 0. The lowest BCUT2D eigenvalue weighted by molar-refractivity contribution is -0.112. The summed E-state index contributed by atoms with van der Waals surface area (Å²) < 4.78 is 13.2. The molecular weight excluding hydrogens is 407 g/mol. The first-order chi connectivity index (χ1) is 15.5. The van der Waals surface area contributed by atoms with Gasteiger partial charge >= 0.3 is 0 Å². The summed E-state index contributed by atoms with van der Waals surface area (Å²) in [5, 5.41) is 15.1. The number of nitriles is 1. The van der Waals surface area contributed by atoms with Gasteiger partial charge in [-0.25, -0.2) is 9.38 Å². The van der Waals surface area contributed by atoms with Crippen molar-refractivity contribution in [3.8, 4) is 6.07 Å². The second-order valence-electron chi connectivity index (χ2n) is 7.13. The second-order valence-corrected chi connectivity index (χ2v) is 7.13. The van der Waals surface area contributed by atoms with Crippen LogP contribution in [0.5, 0.6) is 0 Å². The van der Waals surface area contributed by atoms with E-state index in [1.807, 2.05) is 19.1 Å². The van der Waals surface area contributed by atoms with Crippen LogP contribution in [0.25, 0.3) is 5.70 Å². The average molecular weight is 424 g/mol. The maximum atomic E-state index is 13.2. The fourth-order valence-electron chi connectivity index (χ4n) is 3.32. The Morgan fingerprint density at radius 2 is 1.66 bits per heavy atom. The monoisotopic (exact) mass is 424 g/mol. The van der Waals surface area contributed by atoms with Gasteiger partial charge in [-0.2, -0.15) is 5.26 Å². The molecule has 0 atom stereocenters. The largest absolute Gasteiger partial charge is 0.321 e. The van der Waals surface area contributed by atoms with E-state index in [2.05, 4.69) is 15.6 Å². The van der Waals surface area contributed by atoms with Crippen LogP contribution in [0.1, 0.15) is 27.0 Å². The number of amides is 2. The number of halogens is 1. The Hall–Kier alpha value is -4.57. The second kappa shape index (κ2) is 8.66. The minimum Gasteiger partial charge on any atom is -0.321 e. The third kappa shape index (κ3) is 4.16. The maximum Gasteiger partial charge on any atom is 0.268 e. The quantitative estimate of drug-likeness (QED) is 0.487. The van der Waals surface area contributed by atoms with Crippen LogP contribution in [0.2, 0.25) is 0 Å². The number of aliphatic imine (C=N–C) groups is 1. The summed E-state index contributed by atoms with van der Waals surface area (Å²) in [6, 6.07) is 21.2. The third-order valence-electron chi connectivity index (χ3n) is 4.85. The van der Waals surface area contributed by atoms with E-state index in [1.54, 1.807) is 42.5 Å². The third-order valence-corrected chi connectivity index (χ3v) is 4.85. The predicted molar refractivity (Wildman–Crippen MR) is 119 cm³/mol. The lowest BCUT2D eigenvalue weighted by Crippen LogP contribution is -2.30. The topological polar surface area (TPSA) is 94.3 Å². The summed E-state index contributed by atoms with van der Waals surface area (Å²) >= 11 is 0. The number of rotatable bonds is 3. The van der Waals surface area contributed by atoms with Crippen molar-refractivity contribution in [3.63, 3.8) is 0 Å². The van der Waals surface area contributed by atoms with Gasteiger partial charge in [-0.3, -0.25) is 9.59 Å². The standard InChI is InChI=1S/C25H17FN4O2/c1-15-5-4-6-18(13-15)28-25(32)21(14-27)22-19-7-2-3-8-20(19)23(29-22)30-24(31)16-9-11-17(26)12-10-16/h2-13H,1H3,(H,28,32)(H,29,30,31). The zero-order chi connectivity index (χ0) is 22.7. The van der Waals surface area contributed by atoms with Crippen molar-refractivity contribution in [2.45, 2.75) is 6.92 Å². The van der Waals surface area contributed by atoms with Crippen LogP contribution in [0, 0.1) is 24.1 Å². The zero-order valence-electron chi connectivity index (χ0n) is 17.0. The van der Waals surface area contributed by atoms with Gasteiger partial charge in [0, 0.05) is 22.4 Å². The van der Waals surface area contributed by atoms with Crippen LogP contribution in [0.15, 0.2) is 83.4 Å². The van der Waals surface area contributed by atoms with Gasteiger partial charge in [0.1, 0.15) is 23.3 Å². The molecular formula is C25H17FN4O2. The number of nitrogens with one attached hydrogen (secondary N) is 2. The molecule has 3 aromatic carbocycles. The molecule has 0 aliphatic carbocycles. The van der Waals surface area contributed by atoms with Gasteiger partial charge < -0.3 is 10.6 Å². The van der Waals surface area contributed by atoms with Crippen LogP contribution >= 0.6 is 0 Å². The fraction of sp³-hybridized carbons (Fsp3) is 0.0400. The Morgan fingerprint density at radius 3 is 2.34 bits per heavy atom. The molecule has 2 amide bonds. The molecule has 1 heterocycles. The highest BCUT2D eigenvalue weighted by molar-refractivity contribution is 6.21. The van der Waals surface area contributed by atoms with E-state index in [0.29, 0.717) is 16.8 Å². The molecule has 3 aromatic rings. The van der Waals surface area contributed by atoms with E-state index in [1.165, 1.54) is 24.3 Å². The molecule has 1 aliphatic rings. The molecule has 7 heteroatoms. The Balaban J connectivity index is 1.69. The van der Waals surface area contributed by atoms with E-state index in [-0.39, 0.29) is 22.7 Å². The first-order valence-electron chi connectivity index (χ1n) is 9.74. The number of hydrogen-bond acceptors (Lipinski definition) is 4. The number of amidine groups is 1. The minimum atomic E-state index is -0.599. The lowest BCUT2D eigenvalue weighted by Gasteiger charge is -2.07. The van der Waals surface area contributed by atoms with Crippen molar-refractivity contribution in [2.75, 3.05) is 5.32 Å². The van der Waals surface area contributed by atoms with Crippen LogP contribution in [-0.2, 0) is 4.79 Å². The summed E-state index contributed by atoms with van der Waals surface area (Å²) in [4.78, 5) is 29.8. The van der Waals surface area contributed by atoms with Crippen molar-refractivity contribution >= 4 is 29.0 Å². The number of hydrogen-bond donors (Lipinski definition) is 2. The average Bonchev–Trinajstić information content (AvgIpc) is 3.13. The number of benzene rings is 3. The number of carbonyl (C=O) groups excluding carboxylic acids is 2. The molecule has 0 spiro atoms. The molecule has 0 saturated carbocycles. The van der Waals surface area contributed by atoms with Gasteiger partial charge in [0.05, 0.1) is 5.70 Å². The molecule has 0 bridgehead atoms. The Labute approximate surface area is 183 Å². The Morgan fingerprint density at radius 1 is 0.938 bits per heavy atom. The fourth-order valence-corrected chi connectivity index (χ4v) is 3.32. The van der Waals surface area contributed by atoms with Crippen molar-refractivity contribution in [3.05, 3.63) is 106 Å². The molecule has 0 saturated heterocycles. The van der Waals surface area contributed by atoms with Gasteiger partial charge in [-0.1, -0.05) is 36.4 Å². The molecule has 32 heavy (non-hydrogen) atoms. The van der Waals surface area contributed by atoms with E-state index < -0.39 is 17.6 Å². The molecule has 0 unspecified atom stereocenters. The zero-order valence-corrected chi connectivity index (χ0v) is 17.0. The summed E-state index contributed by atoms with van der Waals surface area (Å²) in [5.41, 5.74) is 2.90. The van der Waals surface area contributed by atoms with Crippen molar-refractivity contribution in [2.24, 2.45) is 4.99 Å². The van der Waals surface area contributed by atoms with Crippen molar-refractivity contribution in [1.29, 1.82) is 5.26 Å². The highest BCUT2D eigenvalue weighted by atomic mass is 19.1. The molecule has 0 radical (unpaired) electrons. The van der Waals surface area contributed by atoms with Gasteiger partial charge in [0.15, 0.2) is 0 Å². The summed E-state index contributed by atoms with van der Waals surface area (Å²) in [6.07, 6.45) is 0. The van der Waals surface area contributed by atoms with Gasteiger partial charge in [-0.05, 0) is 48.9 Å².